The van der Waals surface area contributed by atoms with Crippen LogP contribution in [0.3, 0.4) is 0 Å². The molecular formula is C22H25NO8S. The Hall–Kier alpha value is -3.11. The molecule has 0 bridgehead atoms. The molecule has 2 aromatic rings. The van der Waals surface area contributed by atoms with Crippen molar-refractivity contribution in [1.29, 1.82) is 0 Å². The fourth-order valence-corrected chi connectivity index (χ4v) is 4.53. The minimum atomic E-state index is -3.89. The van der Waals surface area contributed by atoms with Crippen molar-refractivity contribution in [2.75, 3.05) is 31.1 Å². The smallest absolute Gasteiger partial charge is 0.338 e. The van der Waals surface area contributed by atoms with E-state index in [9.17, 15) is 18.0 Å². The predicted molar refractivity (Wildman–Crippen MR) is 116 cm³/mol. The van der Waals surface area contributed by atoms with E-state index in [-0.39, 0.29) is 31.1 Å². The van der Waals surface area contributed by atoms with Crippen LogP contribution in [-0.4, -0.2) is 46.1 Å². The molecule has 0 saturated heterocycles. The molecule has 32 heavy (non-hydrogen) atoms. The Kier molecular flexibility index (Phi) is 7.70. The first kappa shape index (κ1) is 23.6. The first-order chi connectivity index (χ1) is 15.3. The number of amides is 1. The van der Waals surface area contributed by atoms with Gasteiger partial charge in [-0.3, -0.25) is 4.79 Å². The zero-order valence-corrected chi connectivity index (χ0v) is 18.7. The number of carbonyl (C=O) groups is 2. The highest BCUT2D eigenvalue weighted by atomic mass is 32.2. The van der Waals surface area contributed by atoms with Crippen molar-refractivity contribution in [1.82, 2.24) is 0 Å². The lowest BCUT2D eigenvalue weighted by Gasteiger charge is -2.21. The van der Waals surface area contributed by atoms with Crippen LogP contribution in [0.15, 0.2) is 36.4 Å². The third-order valence-corrected chi connectivity index (χ3v) is 5.94. The van der Waals surface area contributed by atoms with Crippen LogP contribution in [0.2, 0.25) is 0 Å². The van der Waals surface area contributed by atoms with Gasteiger partial charge in [0.2, 0.25) is 5.91 Å². The Labute approximate surface area is 186 Å². The molecule has 0 saturated carbocycles. The average molecular weight is 464 g/mol. The molecule has 0 fully saturated rings. The quantitative estimate of drug-likeness (QED) is 0.564. The molecule has 2 aromatic carbocycles. The molecule has 10 heteroatoms. The van der Waals surface area contributed by atoms with E-state index >= 15 is 0 Å². The Morgan fingerprint density at radius 3 is 2.66 bits per heavy atom. The van der Waals surface area contributed by atoms with Crippen LogP contribution in [0.25, 0.3) is 0 Å². The van der Waals surface area contributed by atoms with Crippen LogP contribution in [0.1, 0.15) is 35.3 Å². The fraction of sp³-hybridized carbons (Fsp3) is 0.364. The summed E-state index contributed by atoms with van der Waals surface area (Å²) in [6, 6.07) is 9.74. The molecule has 1 aliphatic heterocycles. The minimum absolute atomic E-state index is 0.0342. The number of sulfone groups is 1. The Balaban J connectivity index is 1.79. The van der Waals surface area contributed by atoms with Crippen LogP contribution < -0.4 is 14.8 Å². The number of anilines is 1. The average Bonchev–Trinajstić information content (AvgIpc) is 2.74. The second-order valence-corrected chi connectivity index (χ2v) is 9.03. The number of rotatable bonds is 9. The predicted octanol–water partition coefficient (Wildman–Crippen LogP) is 2.68. The first-order valence-electron chi connectivity index (χ1n) is 10.1. The van der Waals surface area contributed by atoms with E-state index in [0.29, 0.717) is 29.4 Å². The van der Waals surface area contributed by atoms with Gasteiger partial charge in [-0.1, -0.05) is 12.1 Å². The number of fused-ring (bicyclic) bond motifs is 1. The number of hydrogen-bond acceptors (Lipinski definition) is 8. The van der Waals surface area contributed by atoms with E-state index in [1.165, 1.54) is 6.07 Å². The summed E-state index contributed by atoms with van der Waals surface area (Å²) in [5.41, 5.74) is 1.40. The standard InChI is InChI=1S/C22H25NO8S/c1-3-29-19-8-6-5-7-18(19)23-20(24)13-32(26,27)12-17-10-15(22(25)30-4-2)9-16-11-28-14-31-21(16)17/h5-10H,3-4,11-14H2,1-2H3,(H,23,24). The highest BCUT2D eigenvalue weighted by Crippen LogP contribution is 2.32. The summed E-state index contributed by atoms with van der Waals surface area (Å²) in [7, 11) is -3.89. The number of benzene rings is 2. The normalized spacial score (nSPS) is 12.9. The zero-order valence-electron chi connectivity index (χ0n) is 17.9. The van der Waals surface area contributed by atoms with E-state index in [0.717, 1.165) is 0 Å². The van der Waals surface area contributed by atoms with Gasteiger partial charge in [-0.15, -0.1) is 0 Å². The lowest BCUT2D eigenvalue weighted by Crippen LogP contribution is -2.25. The maximum absolute atomic E-state index is 12.8. The lowest BCUT2D eigenvalue weighted by atomic mass is 10.0. The van der Waals surface area contributed by atoms with E-state index in [2.05, 4.69) is 5.32 Å². The summed E-state index contributed by atoms with van der Waals surface area (Å²) < 4.78 is 46.8. The molecule has 1 aliphatic rings. The topological polar surface area (TPSA) is 117 Å². The fourth-order valence-electron chi connectivity index (χ4n) is 3.26. The third kappa shape index (κ3) is 5.98. The molecule has 172 valence electrons. The van der Waals surface area contributed by atoms with Gasteiger partial charge in [0.15, 0.2) is 16.6 Å². The molecule has 1 N–H and O–H groups in total. The molecule has 0 spiro atoms. The SMILES string of the molecule is CCOC(=O)c1cc2c(c(CS(=O)(=O)CC(=O)Nc3ccccc3OCC)c1)OCOC2. The number of esters is 1. The Bertz CT molecular complexity index is 1100. The van der Waals surface area contributed by atoms with Gasteiger partial charge >= 0.3 is 5.97 Å². The molecule has 3 rings (SSSR count). The summed E-state index contributed by atoms with van der Waals surface area (Å²) in [6.45, 7) is 4.20. The van der Waals surface area contributed by atoms with Crippen molar-refractivity contribution < 1.29 is 37.0 Å². The number of nitrogens with one attached hydrogen (secondary N) is 1. The van der Waals surface area contributed by atoms with Crippen molar-refractivity contribution >= 4 is 27.4 Å². The Morgan fingerprint density at radius 2 is 1.91 bits per heavy atom. The highest BCUT2D eigenvalue weighted by molar-refractivity contribution is 7.91. The number of ether oxygens (including phenoxy) is 4. The van der Waals surface area contributed by atoms with Crippen LogP contribution in [0.5, 0.6) is 11.5 Å². The van der Waals surface area contributed by atoms with Gasteiger partial charge in [0.25, 0.3) is 0 Å². The van der Waals surface area contributed by atoms with Crippen LogP contribution in [0.4, 0.5) is 5.69 Å². The first-order valence-corrected chi connectivity index (χ1v) is 11.9. The van der Waals surface area contributed by atoms with Gasteiger partial charge in [-0.05, 0) is 38.1 Å². The molecular weight excluding hydrogens is 438 g/mol. The molecule has 0 unspecified atom stereocenters. The molecule has 0 aromatic heterocycles. The van der Waals surface area contributed by atoms with Crippen molar-refractivity contribution in [3.05, 3.63) is 53.1 Å². The van der Waals surface area contributed by atoms with Crippen LogP contribution in [-0.2, 0) is 36.5 Å². The zero-order chi connectivity index (χ0) is 23.1. The second-order valence-electron chi connectivity index (χ2n) is 6.96. The van der Waals surface area contributed by atoms with Crippen molar-refractivity contribution in [2.24, 2.45) is 0 Å². The molecule has 0 radical (unpaired) electrons. The maximum Gasteiger partial charge on any atom is 0.338 e. The van der Waals surface area contributed by atoms with Gasteiger partial charge in [0, 0.05) is 11.1 Å². The van der Waals surface area contributed by atoms with Gasteiger partial charge < -0.3 is 24.3 Å². The summed E-state index contributed by atoms with van der Waals surface area (Å²) in [4.78, 5) is 24.6. The summed E-state index contributed by atoms with van der Waals surface area (Å²) >= 11 is 0. The number of carbonyl (C=O) groups excluding carboxylic acids is 2. The van der Waals surface area contributed by atoms with E-state index in [4.69, 9.17) is 18.9 Å². The summed E-state index contributed by atoms with van der Waals surface area (Å²) in [6.07, 6.45) is 0. The van der Waals surface area contributed by atoms with E-state index in [1.807, 2.05) is 0 Å². The second kappa shape index (κ2) is 10.5. The van der Waals surface area contributed by atoms with Crippen LogP contribution >= 0.6 is 0 Å². The van der Waals surface area contributed by atoms with Crippen molar-refractivity contribution in [3.63, 3.8) is 0 Å². The summed E-state index contributed by atoms with van der Waals surface area (Å²) in [5.74, 6) is -1.71. The molecule has 1 heterocycles. The van der Waals surface area contributed by atoms with Gasteiger partial charge in [0.1, 0.15) is 17.3 Å². The number of para-hydroxylation sites is 2. The van der Waals surface area contributed by atoms with E-state index < -0.39 is 33.2 Å². The van der Waals surface area contributed by atoms with Gasteiger partial charge in [-0.2, -0.15) is 0 Å². The van der Waals surface area contributed by atoms with E-state index in [1.54, 1.807) is 44.2 Å². The van der Waals surface area contributed by atoms with Crippen LogP contribution in [0, 0.1) is 0 Å². The third-order valence-electron chi connectivity index (χ3n) is 4.49. The molecule has 0 aliphatic carbocycles. The monoisotopic (exact) mass is 463 g/mol. The van der Waals surface area contributed by atoms with Gasteiger partial charge in [0.05, 0.1) is 36.8 Å². The molecule has 9 nitrogen and oxygen atoms in total. The van der Waals surface area contributed by atoms with Crippen molar-refractivity contribution in [2.45, 2.75) is 26.2 Å². The van der Waals surface area contributed by atoms with Gasteiger partial charge in [-0.25, -0.2) is 13.2 Å². The number of hydrogen-bond donors (Lipinski definition) is 1. The maximum atomic E-state index is 12.8. The van der Waals surface area contributed by atoms with Crippen molar-refractivity contribution in [3.8, 4) is 11.5 Å². The lowest BCUT2D eigenvalue weighted by molar-refractivity contribution is -0.113. The largest absolute Gasteiger partial charge is 0.492 e. The Morgan fingerprint density at radius 1 is 1.12 bits per heavy atom. The molecule has 1 amide bonds. The summed E-state index contributed by atoms with van der Waals surface area (Å²) in [5, 5.41) is 2.58. The highest BCUT2D eigenvalue weighted by Gasteiger charge is 2.25. The molecule has 0 atom stereocenters. The minimum Gasteiger partial charge on any atom is -0.492 e.